The lowest BCUT2D eigenvalue weighted by Crippen LogP contribution is -2.48. The fourth-order valence-electron chi connectivity index (χ4n) is 2.01. The van der Waals surface area contributed by atoms with E-state index in [1.54, 1.807) is 11.9 Å². The first-order valence-corrected chi connectivity index (χ1v) is 5.92. The van der Waals surface area contributed by atoms with E-state index in [1.165, 1.54) is 6.42 Å². The zero-order valence-electron chi connectivity index (χ0n) is 10.9. The fourth-order valence-corrected chi connectivity index (χ4v) is 2.01. The number of carbonyl (C=O) groups excluding carboxylic acids is 1. The van der Waals surface area contributed by atoms with Gasteiger partial charge in [0, 0.05) is 19.0 Å². The number of ether oxygens (including phenoxy) is 1. The number of amides is 1. The summed E-state index contributed by atoms with van der Waals surface area (Å²) in [6.45, 7) is 6.99. The van der Waals surface area contributed by atoms with E-state index < -0.39 is 5.60 Å². The highest BCUT2D eigenvalue weighted by Crippen LogP contribution is 2.40. The molecule has 0 aromatic carbocycles. The summed E-state index contributed by atoms with van der Waals surface area (Å²) in [5, 5.41) is 0. The molecule has 16 heavy (non-hydrogen) atoms. The maximum atomic E-state index is 11.8. The molecular formula is C12H24N2O2. The molecule has 2 N–H and O–H groups in total. The molecule has 1 saturated carbocycles. The second-order valence-corrected chi connectivity index (χ2v) is 5.89. The predicted octanol–water partition coefficient (Wildman–Crippen LogP) is 1.98. The Morgan fingerprint density at radius 1 is 1.44 bits per heavy atom. The number of carbonyl (C=O) groups is 1. The van der Waals surface area contributed by atoms with Gasteiger partial charge < -0.3 is 15.4 Å². The molecule has 0 aromatic rings. The van der Waals surface area contributed by atoms with Gasteiger partial charge in [-0.1, -0.05) is 6.42 Å². The summed E-state index contributed by atoms with van der Waals surface area (Å²) in [4.78, 5) is 13.4. The Morgan fingerprint density at radius 3 is 2.31 bits per heavy atom. The molecule has 1 fully saturated rings. The normalized spacial score (nSPS) is 18.8. The van der Waals surface area contributed by atoms with E-state index in [0.717, 1.165) is 12.8 Å². The van der Waals surface area contributed by atoms with Crippen LogP contribution in [0.1, 0.15) is 40.0 Å². The van der Waals surface area contributed by atoms with Crippen LogP contribution in [0.2, 0.25) is 0 Å². The Morgan fingerprint density at radius 2 is 2.00 bits per heavy atom. The van der Waals surface area contributed by atoms with Crippen molar-refractivity contribution in [1.29, 1.82) is 0 Å². The zero-order chi connectivity index (χ0) is 12.4. The number of hydrogen-bond acceptors (Lipinski definition) is 3. The summed E-state index contributed by atoms with van der Waals surface area (Å²) < 4.78 is 5.30. The predicted molar refractivity (Wildman–Crippen MR) is 64.2 cm³/mol. The van der Waals surface area contributed by atoms with E-state index in [-0.39, 0.29) is 11.5 Å². The number of rotatable bonds is 3. The van der Waals surface area contributed by atoms with Crippen LogP contribution < -0.4 is 5.73 Å². The second kappa shape index (κ2) is 4.62. The summed E-state index contributed by atoms with van der Waals surface area (Å²) in [6, 6.07) is 0. The molecule has 0 aromatic heterocycles. The van der Waals surface area contributed by atoms with Gasteiger partial charge in [0.2, 0.25) is 0 Å². The third-order valence-electron chi connectivity index (χ3n) is 3.12. The van der Waals surface area contributed by atoms with E-state index in [1.807, 2.05) is 20.8 Å². The molecule has 0 unspecified atom stereocenters. The monoisotopic (exact) mass is 228 g/mol. The van der Waals surface area contributed by atoms with Crippen molar-refractivity contribution < 1.29 is 9.53 Å². The van der Waals surface area contributed by atoms with Gasteiger partial charge in [0.25, 0.3) is 0 Å². The molecule has 94 valence electrons. The molecule has 0 heterocycles. The van der Waals surface area contributed by atoms with Gasteiger partial charge in [-0.15, -0.1) is 0 Å². The third-order valence-corrected chi connectivity index (χ3v) is 3.12. The van der Waals surface area contributed by atoms with E-state index in [4.69, 9.17) is 10.5 Å². The average Bonchev–Trinajstić information content (AvgIpc) is 2.08. The quantitative estimate of drug-likeness (QED) is 0.803. The van der Waals surface area contributed by atoms with E-state index in [9.17, 15) is 4.79 Å². The van der Waals surface area contributed by atoms with Gasteiger partial charge >= 0.3 is 6.09 Å². The smallest absolute Gasteiger partial charge is 0.410 e. The highest BCUT2D eigenvalue weighted by atomic mass is 16.6. The second-order valence-electron chi connectivity index (χ2n) is 5.89. The third kappa shape index (κ3) is 3.37. The molecule has 0 atom stereocenters. The van der Waals surface area contributed by atoms with Crippen molar-refractivity contribution in [2.45, 2.75) is 45.6 Å². The van der Waals surface area contributed by atoms with Crippen molar-refractivity contribution in [3.8, 4) is 0 Å². The highest BCUT2D eigenvalue weighted by molar-refractivity contribution is 5.67. The van der Waals surface area contributed by atoms with Gasteiger partial charge in [-0.05, 0) is 40.2 Å². The summed E-state index contributed by atoms with van der Waals surface area (Å²) in [7, 11) is 1.78. The molecule has 0 spiro atoms. The largest absolute Gasteiger partial charge is 0.444 e. The van der Waals surface area contributed by atoms with Gasteiger partial charge in [-0.2, -0.15) is 0 Å². The Bertz CT molecular complexity index is 249. The molecule has 4 heteroatoms. The molecule has 0 radical (unpaired) electrons. The lowest BCUT2D eigenvalue weighted by atomic mass is 9.68. The summed E-state index contributed by atoms with van der Waals surface area (Å²) in [5.41, 5.74) is 5.48. The molecule has 0 bridgehead atoms. The molecule has 1 aliphatic rings. The Balaban J connectivity index is 2.45. The highest BCUT2D eigenvalue weighted by Gasteiger charge is 2.38. The number of nitrogens with two attached hydrogens (primary N) is 1. The lowest BCUT2D eigenvalue weighted by molar-refractivity contribution is 0.0127. The van der Waals surface area contributed by atoms with Crippen LogP contribution in [0.4, 0.5) is 4.79 Å². The van der Waals surface area contributed by atoms with Crippen molar-refractivity contribution >= 4 is 6.09 Å². The van der Waals surface area contributed by atoms with Crippen molar-refractivity contribution in [2.75, 3.05) is 20.1 Å². The maximum Gasteiger partial charge on any atom is 0.410 e. The van der Waals surface area contributed by atoms with Crippen LogP contribution in [-0.4, -0.2) is 36.7 Å². The average molecular weight is 228 g/mol. The van der Waals surface area contributed by atoms with Crippen LogP contribution in [0, 0.1) is 5.41 Å². The van der Waals surface area contributed by atoms with Crippen LogP contribution in [0.15, 0.2) is 0 Å². The number of hydrogen-bond donors (Lipinski definition) is 1. The maximum absolute atomic E-state index is 11.8. The van der Waals surface area contributed by atoms with Crippen molar-refractivity contribution in [3.05, 3.63) is 0 Å². The Kier molecular flexibility index (Phi) is 3.84. The minimum atomic E-state index is -0.430. The molecule has 1 rings (SSSR count). The number of nitrogens with zero attached hydrogens (tertiary/aromatic N) is 1. The van der Waals surface area contributed by atoms with Gasteiger partial charge in [0.05, 0.1) is 0 Å². The van der Waals surface area contributed by atoms with E-state index in [2.05, 4.69) is 0 Å². The summed E-state index contributed by atoms with van der Waals surface area (Å²) in [5.74, 6) is 0. The van der Waals surface area contributed by atoms with Crippen LogP contribution in [0.3, 0.4) is 0 Å². The molecule has 1 aliphatic carbocycles. The van der Waals surface area contributed by atoms with Crippen LogP contribution in [-0.2, 0) is 4.74 Å². The van der Waals surface area contributed by atoms with Crippen LogP contribution in [0.25, 0.3) is 0 Å². The summed E-state index contributed by atoms with van der Waals surface area (Å²) in [6.07, 6.45) is 3.21. The molecular weight excluding hydrogens is 204 g/mol. The van der Waals surface area contributed by atoms with Gasteiger partial charge in [0.1, 0.15) is 5.60 Å². The molecule has 4 nitrogen and oxygen atoms in total. The van der Waals surface area contributed by atoms with Crippen molar-refractivity contribution in [3.63, 3.8) is 0 Å². The van der Waals surface area contributed by atoms with Crippen molar-refractivity contribution in [2.24, 2.45) is 11.1 Å². The SMILES string of the molecule is CN(CC1(CN)CCC1)C(=O)OC(C)(C)C. The first-order chi connectivity index (χ1) is 7.28. The van der Waals surface area contributed by atoms with Gasteiger partial charge in [-0.25, -0.2) is 4.79 Å². The minimum absolute atomic E-state index is 0.144. The first-order valence-electron chi connectivity index (χ1n) is 5.92. The van der Waals surface area contributed by atoms with E-state index >= 15 is 0 Å². The van der Waals surface area contributed by atoms with Crippen LogP contribution >= 0.6 is 0 Å². The minimum Gasteiger partial charge on any atom is -0.444 e. The zero-order valence-corrected chi connectivity index (χ0v) is 10.9. The topological polar surface area (TPSA) is 55.6 Å². The van der Waals surface area contributed by atoms with Crippen molar-refractivity contribution in [1.82, 2.24) is 4.90 Å². The van der Waals surface area contributed by atoms with Crippen LogP contribution in [0.5, 0.6) is 0 Å². The van der Waals surface area contributed by atoms with E-state index in [0.29, 0.717) is 13.1 Å². The molecule has 1 amide bonds. The lowest BCUT2D eigenvalue weighted by Gasteiger charge is -2.43. The fraction of sp³-hybridized carbons (Fsp3) is 0.917. The van der Waals surface area contributed by atoms with Gasteiger partial charge in [-0.3, -0.25) is 0 Å². The standard InChI is InChI=1S/C12H24N2O2/c1-11(2,3)16-10(15)14(4)9-12(8-13)6-5-7-12/h5-9,13H2,1-4H3. The summed E-state index contributed by atoms with van der Waals surface area (Å²) >= 11 is 0. The Labute approximate surface area is 98.1 Å². The van der Waals surface area contributed by atoms with Gasteiger partial charge in [0.15, 0.2) is 0 Å². The molecule has 0 aliphatic heterocycles. The molecule has 0 saturated heterocycles. The first kappa shape index (κ1) is 13.3. The Hall–Kier alpha value is -0.770.